The Kier molecular flexibility index (Phi) is 5.71. The van der Waals surface area contributed by atoms with Crippen LogP contribution in [0.3, 0.4) is 0 Å². The molecule has 2 aromatic carbocycles. The van der Waals surface area contributed by atoms with Crippen molar-refractivity contribution in [3.8, 4) is 23.0 Å². The van der Waals surface area contributed by atoms with Gasteiger partial charge in [0.15, 0.2) is 11.5 Å². The molecule has 0 saturated heterocycles. The van der Waals surface area contributed by atoms with Gasteiger partial charge in [-0.25, -0.2) is 5.10 Å². The number of benzene rings is 2. The predicted molar refractivity (Wildman–Crippen MR) is 116 cm³/mol. The first-order valence-corrected chi connectivity index (χ1v) is 9.64. The number of aromatic nitrogens is 5. The quantitative estimate of drug-likeness (QED) is 0.347. The molecule has 0 spiro atoms. The van der Waals surface area contributed by atoms with Crippen molar-refractivity contribution in [1.82, 2.24) is 25.1 Å². The molecule has 0 aliphatic rings. The largest absolute Gasteiger partial charge is 0.493 e. The fourth-order valence-electron chi connectivity index (χ4n) is 2.84. The second-order valence-electron chi connectivity index (χ2n) is 6.53. The number of ether oxygens (including phenoxy) is 2. The number of nitrogens with zero attached hydrogens (tertiary/aromatic N) is 4. The Labute approximate surface area is 178 Å². The monoisotopic (exact) mass is 420 g/mol. The van der Waals surface area contributed by atoms with Gasteiger partial charge < -0.3 is 9.47 Å². The summed E-state index contributed by atoms with van der Waals surface area (Å²) in [4.78, 5) is 0. The van der Waals surface area contributed by atoms with Gasteiger partial charge >= 0.3 is 0 Å². The van der Waals surface area contributed by atoms with E-state index in [1.165, 1.54) is 4.68 Å². The predicted octanol–water partition coefficient (Wildman–Crippen LogP) is 4.11. The third-order valence-corrected chi connectivity index (χ3v) is 4.60. The van der Waals surface area contributed by atoms with Crippen LogP contribution in [0.2, 0.25) is 0 Å². The maximum atomic E-state index is 5.96. The summed E-state index contributed by atoms with van der Waals surface area (Å²) in [5, 5.41) is 18.6. The molecular weight excluding hydrogens is 400 g/mol. The van der Waals surface area contributed by atoms with E-state index in [0.29, 0.717) is 34.4 Å². The van der Waals surface area contributed by atoms with Gasteiger partial charge in [0.2, 0.25) is 10.6 Å². The zero-order valence-corrected chi connectivity index (χ0v) is 17.3. The summed E-state index contributed by atoms with van der Waals surface area (Å²) < 4.78 is 13.3. The zero-order valence-electron chi connectivity index (χ0n) is 16.5. The molecule has 0 saturated carbocycles. The number of methoxy groups -OCH3 is 1. The van der Waals surface area contributed by atoms with Crippen molar-refractivity contribution in [2.24, 2.45) is 5.10 Å². The van der Waals surface area contributed by atoms with E-state index in [-0.39, 0.29) is 0 Å². The zero-order chi connectivity index (χ0) is 20.9. The Morgan fingerprint density at radius 1 is 1.07 bits per heavy atom. The van der Waals surface area contributed by atoms with E-state index in [1.54, 1.807) is 13.3 Å². The van der Waals surface area contributed by atoms with E-state index in [2.05, 4.69) is 25.5 Å². The maximum absolute atomic E-state index is 5.96. The number of H-pyrrole nitrogens is 2. The number of aromatic amines is 2. The van der Waals surface area contributed by atoms with Gasteiger partial charge in [-0.15, -0.1) is 0 Å². The first-order chi connectivity index (χ1) is 14.6. The van der Waals surface area contributed by atoms with Crippen molar-refractivity contribution in [2.75, 3.05) is 7.11 Å². The fourth-order valence-corrected chi connectivity index (χ4v) is 3.02. The molecule has 0 atom stereocenters. The minimum Gasteiger partial charge on any atom is -0.493 e. The van der Waals surface area contributed by atoms with E-state index >= 15 is 0 Å². The summed E-state index contributed by atoms with van der Waals surface area (Å²) in [6, 6.07) is 17.4. The van der Waals surface area contributed by atoms with Gasteiger partial charge in [-0.2, -0.15) is 20.0 Å². The van der Waals surface area contributed by atoms with Crippen LogP contribution in [0.25, 0.3) is 11.5 Å². The molecule has 4 rings (SSSR count). The van der Waals surface area contributed by atoms with Gasteiger partial charge in [0.25, 0.3) is 0 Å². The second-order valence-corrected chi connectivity index (χ2v) is 6.92. The van der Waals surface area contributed by atoms with Gasteiger partial charge in [-0.1, -0.05) is 30.3 Å². The van der Waals surface area contributed by atoms with Gasteiger partial charge in [0.05, 0.1) is 13.3 Å². The molecule has 0 fully saturated rings. The van der Waals surface area contributed by atoms with Gasteiger partial charge in [-0.3, -0.25) is 5.10 Å². The number of aryl methyl sites for hydroxylation is 1. The lowest BCUT2D eigenvalue weighted by atomic mass is 10.2. The third-order valence-electron chi connectivity index (χ3n) is 4.33. The van der Waals surface area contributed by atoms with Crippen molar-refractivity contribution in [1.29, 1.82) is 0 Å². The van der Waals surface area contributed by atoms with Crippen LogP contribution in [0.1, 0.15) is 16.8 Å². The van der Waals surface area contributed by atoms with E-state index in [0.717, 1.165) is 16.8 Å². The average Bonchev–Trinajstić information content (AvgIpc) is 3.36. The molecule has 4 aromatic rings. The topological polar surface area (TPSA) is 93.1 Å². The van der Waals surface area contributed by atoms with Crippen molar-refractivity contribution in [2.45, 2.75) is 13.5 Å². The molecular formula is C21H20N6O2S. The van der Waals surface area contributed by atoms with Crippen LogP contribution in [-0.4, -0.2) is 38.4 Å². The number of hydrogen-bond donors (Lipinski definition) is 2. The number of rotatable bonds is 7. The van der Waals surface area contributed by atoms with Crippen LogP contribution >= 0.6 is 12.2 Å². The average molecular weight is 420 g/mol. The molecule has 2 heterocycles. The number of nitrogens with one attached hydrogen (secondary N) is 2. The van der Waals surface area contributed by atoms with Crippen LogP contribution in [0, 0.1) is 11.7 Å². The highest BCUT2D eigenvalue weighted by Gasteiger charge is 2.11. The standard InChI is InChI=1S/C21H20N6O2S/c1-14-10-17(24-23-14)20-25-26-21(30)27(20)22-12-16-8-9-18(28-2)19(11-16)29-13-15-6-4-3-5-7-15/h3-12H,13H2,1-2H3,(H,23,24)(H,26,30)/b22-12-. The van der Waals surface area contributed by atoms with Crippen LogP contribution in [0.15, 0.2) is 59.7 Å². The molecule has 0 aliphatic heterocycles. The normalized spacial score (nSPS) is 11.1. The van der Waals surface area contributed by atoms with Crippen LogP contribution in [0.5, 0.6) is 11.5 Å². The summed E-state index contributed by atoms with van der Waals surface area (Å²) in [7, 11) is 1.61. The minimum atomic E-state index is 0.371. The van der Waals surface area contributed by atoms with E-state index < -0.39 is 0 Å². The van der Waals surface area contributed by atoms with Crippen LogP contribution in [0.4, 0.5) is 0 Å². The Hall–Kier alpha value is -3.72. The van der Waals surface area contributed by atoms with Gasteiger partial charge in [0, 0.05) is 5.69 Å². The van der Waals surface area contributed by atoms with E-state index in [9.17, 15) is 0 Å². The lowest BCUT2D eigenvalue weighted by Gasteiger charge is -2.11. The maximum Gasteiger partial charge on any atom is 0.216 e. The van der Waals surface area contributed by atoms with Crippen molar-refractivity contribution >= 4 is 18.4 Å². The van der Waals surface area contributed by atoms with E-state index in [1.807, 2.05) is 61.5 Å². The van der Waals surface area contributed by atoms with Crippen LogP contribution < -0.4 is 9.47 Å². The van der Waals surface area contributed by atoms with Crippen molar-refractivity contribution in [3.63, 3.8) is 0 Å². The molecule has 0 radical (unpaired) electrons. The summed E-state index contributed by atoms with van der Waals surface area (Å²) in [6.45, 7) is 2.35. The summed E-state index contributed by atoms with van der Waals surface area (Å²) in [5.74, 6) is 1.80. The Morgan fingerprint density at radius 3 is 2.63 bits per heavy atom. The smallest absolute Gasteiger partial charge is 0.216 e. The van der Waals surface area contributed by atoms with Gasteiger partial charge in [0.1, 0.15) is 12.3 Å². The molecule has 0 bridgehead atoms. The first-order valence-electron chi connectivity index (χ1n) is 9.23. The molecule has 0 amide bonds. The number of hydrogen-bond acceptors (Lipinski definition) is 6. The summed E-state index contributed by atoms with van der Waals surface area (Å²) >= 11 is 5.30. The second kappa shape index (κ2) is 8.75. The van der Waals surface area contributed by atoms with E-state index in [4.69, 9.17) is 21.7 Å². The van der Waals surface area contributed by atoms with Crippen LogP contribution in [-0.2, 0) is 6.61 Å². The summed E-state index contributed by atoms with van der Waals surface area (Å²) in [5.41, 5.74) is 3.47. The fraction of sp³-hybridized carbons (Fsp3) is 0.143. The molecule has 2 aromatic heterocycles. The molecule has 2 N–H and O–H groups in total. The molecule has 0 aliphatic carbocycles. The molecule has 0 unspecified atom stereocenters. The Morgan fingerprint density at radius 2 is 1.90 bits per heavy atom. The lowest BCUT2D eigenvalue weighted by Crippen LogP contribution is -1.99. The highest BCUT2D eigenvalue weighted by Crippen LogP contribution is 2.28. The SMILES string of the molecule is COc1ccc(/C=N\n2c(-c3cc(C)[nH]n3)n[nH]c2=S)cc1OCc1ccccc1. The summed E-state index contributed by atoms with van der Waals surface area (Å²) in [6.07, 6.45) is 1.68. The van der Waals surface area contributed by atoms with Crippen molar-refractivity contribution in [3.05, 3.63) is 76.2 Å². The lowest BCUT2D eigenvalue weighted by molar-refractivity contribution is 0.284. The first kappa shape index (κ1) is 19.6. The molecule has 152 valence electrons. The highest BCUT2D eigenvalue weighted by molar-refractivity contribution is 7.71. The molecule has 9 heteroatoms. The highest BCUT2D eigenvalue weighted by atomic mass is 32.1. The Bertz CT molecular complexity index is 1230. The van der Waals surface area contributed by atoms with Gasteiger partial charge in [-0.05, 0) is 54.5 Å². The third kappa shape index (κ3) is 4.31. The molecule has 8 nitrogen and oxygen atoms in total. The molecule has 30 heavy (non-hydrogen) atoms. The Balaban J connectivity index is 1.59. The minimum absolute atomic E-state index is 0.371. The van der Waals surface area contributed by atoms with Crippen molar-refractivity contribution < 1.29 is 9.47 Å².